The number of nitro groups is 1. The SMILES string of the molecule is O=C(NO)c1cc([N+](=O)[O-])ccc1N1CCN(Cc2ccccc2)CC1. The molecule has 1 aliphatic rings. The monoisotopic (exact) mass is 356 g/mol. The van der Waals surface area contributed by atoms with Gasteiger partial charge in [0.1, 0.15) is 0 Å². The van der Waals surface area contributed by atoms with E-state index in [1.54, 1.807) is 11.5 Å². The number of nitro benzene ring substituents is 1. The van der Waals surface area contributed by atoms with Crippen LogP contribution in [-0.2, 0) is 6.54 Å². The van der Waals surface area contributed by atoms with E-state index >= 15 is 0 Å². The topological polar surface area (TPSA) is 98.9 Å². The Balaban J connectivity index is 1.72. The number of piperazine rings is 1. The van der Waals surface area contributed by atoms with E-state index in [-0.39, 0.29) is 11.3 Å². The summed E-state index contributed by atoms with van der Waals surface area (Å²) in [5, 5.41) is 19.9. The van der Waals surface area contributed by atoms with Crippen LogP contribution in [0.4, 0.5) is 11.4 Å². The molecule has 8 heteroatoms. The number of nitrogens with zero attached hydrogens (tertiary/aromatic N) is 3. The molecule has 1 fully saturated rings. The fourth-order valence-corrected chi connectivity index (χ4v) is 3.14. The highest BCUT2D eigenvalue weighted by Gasteiger charge is 2.23. The molecular weight excluding hydrogens is 336 g/mol. The molecule has 1 amide bonds. The van der Waals surface area contributed by atoms with Crippen molar-refractivity contribution in [3.05, 3.63) is 69.8 Å². The van der Waals surface area contributed by atoms with Gasteiger partial charge in [0.25, 0.3) is 11.6 Å². The Bertz CT molecular complexity index is 789. The summed E-state index contributed by atoms with van der Waals surface area (Å²) in [6.07, 6.45) is 0. The van der Waals surface area contributed by atoms with Gasteiger partial charge in [0.2, 0.25) is 0 Å². The summed E-state index contributed by atoms with van der Waals surface area (Å²) < 4.78 is 0. The summed E-state index contributed by atoms with van der Waals surface area (Å²) >= 11 is 0. The van der Waals surface area contributed by atoms with Crippen LogP contribution in [0, 0.1) is 10.1 Å². The van der Waals surface area contributed by atoms with E-state index in [1.807, 2.05) is 23.1 Å². The van der Waals surface area contributed by atoms with Gasteiger partial charge in [-0.05, 0) is 11.6 Å². The van der Waals surface area contributed by atoms with Crippen LogP contribution >= 0.6 is 0 Å². The lowest BCUT2D eigenvalue weighted by atomic mass is 10.1. The van der Waals surface area contributed by atoms with Crippen molar-refractivity contribution in [2.45, 2.75) is 6.54 Å². The second-order valence-electron chi connectivity index (χ2n) is 6.15. The molecule has 0 bridgehead atoms. The average Bonchev–Trinajstić information content (AvgIpc) is 2.68. The first-order valence-electron chi connectivity index (χ1n) is 8.32. The molecule has 3 rings (SSSR count). The zero-order valence-corrected chi connectivity index (χ0v) is 14.2. The molecule has 26 heavy (non-hydrogen) atoms. The average molecular weight is 356 g/mol. The first-order valence-corrected chi connectivity index (χ1v) is 8.32. The third kappa shape index (κ3) is 3.98. The largest absolute Gasteiger partial charge is 0.368 e. The smallest absolute Gasteiger partial charge is 0.276 e. The number of carbonyl (C=O) groups is 1. The number of hydrogen-bond donors (Lipinski definition) is 2. The van der Waals surface area contributed by atoms with Crippen molar-refractivity contribution in [3.8, 4) is 0 Å². The Morgan fingerprint density at radius 2 is 1.81 bits per heavy atom. The number of carbonyl (C=O) groups excluding carboxylic acids is 1. The lowest BCUT2D eigenvalue weighted by Gasteiger charge is -2.36. The number of rotatable bonds is 5. The van der Waals surface area contributed by atoms with E-state index in [1.165, 1.54) is 17.7 Å². The lowest BCUT2D eigenvalue weighted by molar-refractivity contribution is -0.384. The van der Waals surface area contributed by atoms with E-state index < -0.39 is 10.8 Å². The van der Waals surface area contributed by atoms with Crippen molar-refractivity contribution >= 4 is 17.3 Å². The molecule has 0 saturated carbocycles. The van der Waals surface area contributed by atoms with Gasteiger partial charge in [-0.3, -0.25) is 25.0 Å². The van der Waals surface area contributed by atoms with Gasteiger partial charge in [0, 0.05) is 44.9 Å². The van der Waals surface area contributed by atoms with Crippen LogP contribution in [-0.4, -0.2) is 47.1 Å². The second kappa shape index (κ2) is 7.94. The van der Waals surface area contributed by atoms with E-state index in [0.717, 1.165) is 19.6 Å². The summed E-state index contributed by atoms with van der Waals surface area (Å²) in [5.41, 5.74) is 3.31. The molecule has 136 valence electrons. The molecule has 0 spiro atoms. The highest BCUT2D eigenvalue weighted by Crippen LogP contribution is 2.26. The zero-order chi connectivity index (χ0) is 18.5. The minimum Gasteiger partial charge on any atom is -0.368 e. The summed E-state index contributed by atoms with van der Waals surface area (Å²) in [6, 6.07) is 14.3. The van der Waals surface area contributed by atoms with Crippen molar-refractivity contribution in [3.63, 3.8) is 0 Å². The third-order valence-corrected chi connectivity index (χ3v) is 4.50. The van der Waals surface area contributed by atoms with E-state index in [4.69, 9.17) is 5.21 Å². The molecule has 1 saturated heterocycles. The number of benzene rings is 2. The van der Waals surface area contributed by atoms with Crippen LogP contribution in [0.2, 0.25) is 0 Å². The fourth-order valence-electron chi connectivity index (χ4n) is 3.14. The van der Waals surface area contributed by atoms with Crippen molar-refractivity contribution in [1.29, 1.82) is 0 Å². The van der Waals surface area contributed by atoms with Gasteiger partial charge in [-0.25, -0.2) is 5.48 Å². The van der Waals surface area contributed by atoms with Gasteiger partial charge >= 0.3 is 0 Å². The molecule has 1 aliphatic heterocycles. The second-order valence-corrected chi connectivity index (χ2v) is 6.15. The summed E-state index contributed by atoms with van der Waals surface area (Å²) in [5.74, 6) is -0.754. The fraction of sp³-hybridized carbons (Fsp3) is 0.278. The standard InChI is InChI=1S/C18H20N4O4/c23-18(19-24)16-12-15(22(25)26)6-7-17(16)21-10-8-20(9-11-21)13-14-4-2-1-3-5-14/h1-7,12,24H,8-11,13H2,(H,19,23). The molecule has 2 aromatic rings. The van der Waals surface area contributed by atoms with Crippen molar-refractivity contribution in [2.24, 2.45) is 0 Å². The summed E-state index contributed by atoms with van der Waals surface area (Å²) in [7, 11) is 0. The van der Waals surface area contributed by atoms with Crippen molar-refractivity contribution in [2.75, 3.05) is 31.1 Å². The number of non-ortho nitro benzene ring substituents is 1. The Morgan fingerprint density at radius 1 is 1.12 bits per heavy atom. The lowest BCUT2D eigenvalue weighted by Crippen LogP contribution is -2.46. The number of amides is 1. The third-order valence-electron chi connectivity index (χ3n) is 4.50. The predicted molar refractivity (Wildman–Crippen MR) is 96.3 cm³/mol. The number of anilines is 1. The first-order chi connectivity index (χ1) is 12.6. The molecule has 0 unspecified atom stereocenters. The molecule has 1 heterocycles. The van der Waals surface area contributed by atoms with Crippen molar-refractivity contribution in [1.82, 2.24) is 10.4 Å². The Labute approximate surface area is 150 Å². The first kappa shape index (κ1) is 17.8. The van der Waals surface area contributed by atoms with Gasteiger partial charge in [-0.2, -0.15) is 0 Å². The Kier molecular flexibility index (Phi) is 5.45. The molecule has 0 atom stereocenters. The van der Waals surface area contributed by atoms with Crippen LogP contribution in [0.15, 0.2) is 48.5 Å². The van der Waals surface area contributed by atoms with Gasteiger partial charge in [0.15, 0.2) is 0 Å². The van der Waals surface area contributed by atoms with E-state index in [0.29, 0.717) is 18.8 Å². The van der Waals surface area contributed by atoms with Crippen molar-refractivity contribution < 1.29 is 14.9 Å². The van der Waals surface area contributed by atoms with Crippen LogP contribution in [0.1, 0.15) is 15.9 Å². The molecular formula is C18H20N4O4. The predicted octanol–water partition coefficient (Wildman–Crippen LogP) is 2.04. The maximum atomic E-state index is 11.9. The minimum absolute atomic E-state index is 0.0956. The zero-order valence-electron chi connectivity index (χ0n) is 14.2. The molecule has 2 aromatic carbocycles. The summed E-state index contributed by atoms with van der Waals surface area (Å²) in [4.78, 5) is 26.7. The normalized spacial score (nSPS) is 14.9. The Morgan fingerprint density at radius 3 is 2.42 bits per heavy atom. The molecule has 0 radical (unpaired) electrons. The van der Waals surface area contributed by atoms with Gasteiger partial charge in [0.05, 0.1) is 16.2 Å². The maximum Gasteiger partial charge on any atom is 0.276 e. The maximum absolute atomic E-state index is 11.9. The number of nitrogens with one attached hydrogen (secondary N) is 1. The van der Waals surface area contributed by atoms with Crippen LogP contribution in [0.5, 0.6) is 0 Å². The molecule has 2 N–H and O–H groups in total. The van der Waals surface area contributed by atoms with Crippen LogP contribution in [0.25, 0.3) is 0 Å². The quantitative estimate of drug-likeness (QED) is 0.483. The van der Waals surface area contributed by atoms with Gasteiger partial charge < -0.3 is 4.90 Å². The summed E-state index contributed by atoms with van der Waals surface area (Å²) in [6.45, 7) is 3.86. The van der Waals surface area contributed by atoms with Gasteiger partial charge in [-0.1, -0.05) is 30.3 Å². The van der Waals surface area contributed by atoms with E-state index in [2.05, 4.69) is 17.0 Å². The Hall–Kier alpha value is -2.97. The highest BCUT2D eigenvalue weighted by atomic mass is 16.6. The van der Waals surface area contributed by atoms with Crippen LogP contribution in [0.3, 0.4) is 0 Å². The van der Waals surface area contributed by atoms with Crippen LogP contribution < -0.4 is 10.4 Å². The van der Waals surface area contributed by atoms with Gasteiger partial charge in [-0.15, -0.1) is 0 Å². The molecule has 8 nitrogen and oxygen atoms in total. The highest BCUT2D eigenvalue weighted by molar-refractivity contribution is 5.99. The number of hydroxylamine groups is 1. The molecule has 0 aliphatic carbocycles. The van der Waals surface area contributed by atoms with E-state index in [9.17, 15) is 14.9 Å². The molecule has 0 aromatic heterocycles. The minimum atomic E-state index is -0.754. The number of hydrogen-bond acceptors (Lipinski definition) is 6.